The van der Waals surface area contributed by atoms with E-state index in [9.17, 15) is 14.4 Å². The average Bonchev–Trinajstić information content (AvgIpc) is 3.74. The zero-order chi connectivity index (χ0) is 31.9. The Bertz CT molecular complexity index is 1910. The molecule has 11 heteroatoms. The number of fused-ring (bicyclic) bond motifs is 1. The van der Waals surface area contributed by atoms with Crippen LogP contribution in [0.15, 0.2) is 129 Å². The molecule has 0 aliphatic carbocycles. The molecule has 0 fully saturated rings. The van der Waals surface area contributed by atoms with E-state index in [1.165, 1.54) is 17.8 Å². The summed E-state index contributed by atoms with van der Waals surface area (Å²) in [6, 6.07) is 32.1. The number of rotatable bonds is 10. The molecule has 46 heavy (non-hydrogen) atoms. The molecule has 0 atom stereocenters. The fourth-order valence-electron chi connectivity index (χ4n) is 4.44. The van der Waals surface area contributed by atoms with E-state index in [1.807, 2.05) is 24.3 Å². The molecule has 3 N–H and O–H groups in total. The predicted molar refractivity (Wildman–Crippen MR) is 181 cm³/mol. The van der Waals surface area contributed by atoms with Crippen LogP contribution in [0.1, 0.15) is 16.1 Å². The van der Waals surface area contributed by atoms with Gasteiger partial charge in [0, 0.05) is 44.0 Å². The molecular formula is C35H26BrN3O6S. The first-order valence-electron chi connectivity index (χ1n) is 14.1. The van der Waals surface area contributed by atoms with Crippen LogP contribution in [0.3, 0.4) is 0 Å². The second-order valence-electron chi connectivity index (χ2n) is 9.97. The molecule has 5 aromatic rings. The molecule has 0 bridgehead atoms. The first-order chi connectivity index (χ1) is 22.4. The lowest BCUT2D eigenvalue weighted by Crippen LogP contribution is -2.30. The summed E-state index contributed by atoms with van der Waals surface area (Å²) in [6.45, 7) is 0.164. The number of amides is 3. The van der Waals surface area contributed by atoms with Crippen LogP contribution in [-0.4, -0.2) is 30.3 Å². The number of hydrogen-bond donors (Lipinski definition) is 3. The van der Waals surface area contributed by atoms with Crippen molar-refractivity contribution in [1.82, 2.24) is 5.32 Å². The van der Waals surface area contributed by atoms with Crippen LogP contribution >= 0.6 is 27.7 Å². The van der Waals surface area contributed by atoms with E-state index >= 15 is 0 Å². The Morgan fingerprint density at radius 1 is 0.783 bits per heavy atom. The first kappa shape index (κ1) is 30.8. The van der Waals surface area contributed by atoms with E-state index in [-0.39, 0.29) is 24.2 Å². The summed E-state index contributed by atoms with van der Waals surface area (Å²) in [5.74, 6) is 1.29. The number of anilines is 2. The number of furan rings is 1. The Labute approximate surface area is 277 Å². The van der Waals surface area contributed by atoms with Crippen molar-refractivity contribution in [2.45, 2.75) is 4.90 Å². The lowest BCUT2D eigenvalue weighted by atomic mass is 10.2. The van der Waals surface area contributed by atoms with Crippen LogP contribution in [0.5, 0.6) is 11.5 Å². The van der Waals surface area contributed by atoms with Gasteiger partial charge in [-0.1, -0.05) is 46.3 Å². The normalized spacial score (nSPS) is 12.0. The quantitative estimate of drug-likeness (QED) is 0.102. The molecule has 0 radical (unpaired) electrons. The summed E-state index contributed by atoms with van der Waals surface area (Å²) in [5.41, 5.74) is 2.40. The van der Waals surface area contributed by atoms with Crippen molar-refractivity contribution in [1.29, 1.82) is 0 Å². The van der Waals surface area contributed by atoms with Gasteiger partial charge in [-0.15, -0.1) is 11.8 Å². The molecule has 4 aromatic carbocycles. The largest absolute Gasteiger partial charge is 0.457 e. The Morgan fingerprint density at radius 3 is 2.30 bits per heavy atom. The number of carbonyl (C=O) groups excluding carboxylic acids is 3. The Hall–Kier alpha value is -5.26. The third-order valence-corrected chi connectivity index (χ3v) is 8.25. The standard InChI is InChI=1S/C35H26BrN3O6S/c36-24-8-6-22(7-9-24)30-17-13-27(45-30)19-29(39-34(41)23-4-2-1-3-5-23)35(42)38-25-10-14-28(15-11-25)46-20-33(40)37-26-12-16-31-32(18-26)44-21-43-31/h1-19H,20-21H2,(H,37,40)(H,38,42)(H,39,41)/b29-19-. The molecule has 0 spiro atoms. The molecule has 1 aliphatic rings. The summed E-state index contributed by atoms with van der Waals surface area (Å²) in [5, 5.41) is 8.40. The summed E-state index contributed by atoms with van der Waals surface area (Å²) in [4.78, 5) is 39.7. The number of nitrogens with one attached hydrogen (secondary N) is 3. The number of carbonyl (C=O) groups is 3. The molecule has 6 rings (SSSR count). The maximum atomic E-state index is 13.4. The number of benzene rings is 4. The maximum absolute atomic E-state index is 13.4. The highest BCUT2D eigenvalue weighted by Crippen LogP contribution is 2.34. The Kier molecular flexibility index (Phi) is 9.51. The van der Waals surface area contributed by atoms with E-state index in [0.29, 0.717) is 40.0 Å². The minimum atomic E-state index is -0.533. The van der Waals surface area contributed by atoms with Crippen LogP contribution in [-0.2, 0) is 9.59 Å². The molecule has 0 unspecified atom stereocenters. The van der Waals surface area contributed by atoms with Crippen molar-refractivity contribution in [3.05, 3.63) is 131 Å². The van der Waals surface area contributed by atoms with Gasteiger partial charge in [0.25, 0.3) is 11.8 Å². The molecule has 230 valence electrons. The molecular weight excluding hydrogens is 670 g/mol. The molecule has 9 nitrogen and oxygen atoms in total. The van der Waals surface area contributed by atoms with Gasteiger partial charge in [-0.3, -0.25) is 14.4 Å². The summed E-state index contributed by atoms with van der Waals surface area (Å²) >= 11 is 4.78. The van der Waals surface area contributed by atoms with Crippen molar-refractivity contribution in [3.63, 3.8) is 0 Å². The topological polar surface area (TPSA) is 119 Å². The fourth-order valence-corrected chi connectivity index (χ4v) is 5.40. The molecule has 2 heterocycles. The van der Waals surface area contributed by atoms with Crippen molar-refractivity contribution in [3.8, 4) is 22.8 Å². The highest BCUT2D eigenvalue weighted by molar-refractivity contribution is 9.10. The second-order valence-corrected chi connectivity index (χ2v) is 11.9. The Balaban J connectivity index is 1.11. The zero-order valence-electron chi connectivity index (χ0n) is 24.1. The summed E-state index contributed by atoms with van der Waals surface area (Å²) in [6.07, 6.45) is 1.49. The van der Waals surface area contributed by atoms with Crippen LogP contribution in [0, 0.1) is 0 Å². The van der Waals surface area contributed by atoms with Gasteiger partial charge in [0.15, 0.2) is 11.5 Å². The summed E-state index contributed by atoms with van der Waals surface area (Å²) < 4.78 is 17.6. The number of halogens is 1. The third kappa shape index (κ3) is 7.87. The van der Waals surface area contributed by atoms with Crippen molar-refractivity contribution < 1.29 is 28.3 Å². The first-order valence-corrected chi connectivity index (χ1v) is 15.8. The van der Waals surface area contributed by atoms with Gasteiger partial charge in [-0.25, -0.2) is 0 Å². The molecule has 0 saturated heterocycles. The van der Waals surface area contributed by atoms with Gasteiger partial charge < -0.3 is 29.8 Å². The van der Waals surface area contributed by atoms with Crippen LogP contribution in [0.4, 0.5) is 11.4 Å². The third-order valence-electron chi connectivity index (χ3n) is 6.71. The molecule has 3 amide bonds. The predicted octanol–water partition coefficient (Wildman–Crippen LogP) is 7.58. The zero-order valence-corrected chi connectivity index (χ0v) is 26.5. The van der Waals surface area contributed by atoms with Gasteiger partial charge in [-0.2, -0.15) is 0 Å². The van der Waals surface area contributed by atoms with Gasteiger partial charge in [0.1, 0.15) is 17.2 Å². The van der Waals surface area contributed by atoms with Crippen molar-refractivity contribution >= 4 is 62.9 Å². The molecule has 1 aliphatic heterocycles. The van der Waals surface area contributed by atoms with Gasteiger partial charge >= 0.3 is 0 Å². The van der Waals surface area contributed by atoms with Gasteiger partial charge in [0.2, 0.25) is 12.7 Å². The minimum Gasteiger partial charge on any atom is -0.457 e. The maximum Gasteiger partial charge on any atom is 0.272 e. The van der Waals surface area contributed by atoms with E-state index in [4.69, 9.17) is 13.9 Å². The Morgan fingerprint density at radius 2 is 1.52 bits per heavy atom. The van der Waals surface area contributed by atoms with Crippen molar-refractivity contribution in [2.75, 3.05) is 23.2 Å². The smallest absolute Gasteiger partial charge is 0.272 e. The average molecular weight is 697 g/mol. The van der Waals surface area contributed by atoms with E-state index in [1.54, 1.807) is 84.9 Å². The number of hydrogen-bond acceptors (Lipinski definition) is 7. The number of thioether (sulfide) groups is 1. The fraction of sp³-hybridized carbons (Fsp3) is 0.0571. The van der Waals surface area contributed by atoms with Crippen LogP contribution < -0.4 is 25.4 Å². The monoisotopic (exact) mass is 695 g/mol. The van der Waals surface area contributed by atoms with Crippen LogP contribution in [0.2, 0.25) is 0 Å². The second kappa shape index (κ2) is 14.2. The highest BCUT2D eigenvalue weighted by atomic mass is 79.9. The van der Waals surface area contributed by atoms with E-state index < -0.39 is 11.8 Å². The van der Waals surface area contributed by atoms with E-state index in [2.05, 4.69) is 31.9 Å². The lowest BCUT2D eigenvalue weighted by molar-refractivity contribution is -0.114. The SMILES string of the molecule is O=C(CSc1ccc(NC(=O)/C(=C/c2ccc(-c3ccc(Br)cc3)o2)NC(=O)c2ccccc2)cc1)Nc1ccc2c(c1)OCO2. The van der Waals surface area contributed by atoms with Gasteiger partial charge in [0.05, 0.1) is 5.75 Å². The van der Waals surface area contributed by atoms with Crippen LogP contribution in [0.25, 0.3) is 17.4 Å². The highest BCUT2D eigenvalue weighted by Gasteiger charge is 2.17. The summed E-state index contributed by atoms with van der Waals surface area (Å²) in [7, 11) is 0. The number of ether oxygens (including phenoxy) is 2. The van der Waals surface area contributed by atoms with Gasteiger partial charge in [-0.05, 0) is 72.8 Å². The van der Waals surface area contributed by atoms with E-state index in [0.717, 1.165) is 14.9 Å². The minimum absolute atomic E-state index is 0.00389. The lowest BCUT2D eigenvalue weighted by Gasteiger charge is -2.11. The van der Waals surface area contributed by atoms with Crippen molar-refractivity contribution in [2.24, 2.45) is 0 Å². The molecule has 0 saturated carbocycles. The molecule has 1 aromatic heterocycles.